The second kappa shape index (κ2) is 10.9. The Balaban J connectivity index is 2.06. The Hall–Kier alpha value is -2.25. The maximum Gasteiger partial charge on any atom is 0.419 e. The van der Waals surface area contributed by atoms with Crippen LogP contribution in [0.3, 0.4) is 0 Å². The van der Waals surface area contributed by atoms with Gasteiger partial charge in [-0.25, -0.2) is 9.59 Å². The van der Waals surface area contributed by atoms with E-state index < -0.39 is 12.2 Å². The molecule has 2 rings (SSSR count). The van der Waals surface area contributed by atoms with Crippen molar-refractivity contribution >= 4 is 51.1 Å². The molecule has 0 saturated carbocycles. The number of nitrogens with one attached hydrogen (secondary N) is 1. The summed E-state index contributed by atoms with van der Waals surface area (Å²) in [5.74, 6) is 0.540. The van der Waals surface area contributed by atoms with Crippen molar-refractivity contribution in [3.05, 3.63) is 53.6 Å². The van der Waals surface area contributed by atoms with Gasteiger partial charge in [-0.05, 0) is 36.2 Å². The third-order valence-corrected chi connectivity index (χ3v) is 4.07. The van der Waals surface area contributed by atoms with Crippen LogP contribution in [-0.2, 0) is 4.74 Å². The molecule has 2 aromatic carbocycles. The number of hydrogen-bond acceptors (Lipinski definition) is 4. The van der Waals surface area contributed by atoms with E-state index >= 15 is 0 Å². The van der Waals surface area contributed by atoms with E-state index in [1.165, 1.54) is 4.90 Å². The summed E-state index contributed by atoms with van der Waals surface area (Å²) in [6, 6.07) is 13.5. The zero-order chi connectivity index (χ0) is 20.5. The van der Waals surface area contributed by atoms with Crippen molar-refractivity contribution in [3.63, 3.8) is 0 Å². The molecule has 150 valence electrons. The van der Waals surface area contributed by atoms with Crippen molar-refractivity contribution < 1.29 is 19.1 Å². The molecule has 1 N–H and O–H groups in total. The van der Waals surface area contributed by atoms with Crippen molar-refractivity contribution in [1.29, 1.82) is 0 Å². The largest absolute Gasteiger partial charge is 0.449 e. The van der Waals surface area contributed by atoms with Gasteiger partial charge in [0.15, 0.2) is 0 Å². The van der Waals surface area contributed by atoms with E-state index in [4.69, 9.17) is 21.1 Å². The summed E-state index contributed by atoms with van der Waals surface area (Å²) in [6.07, 6.45) is -1.11. The zero-order valence-electron chi connectivity index (χ0n) is 15.7. The maximum absolute atomic E-state index is 12.7. The zero-order valence-corrected chi connectivity index (χ0v) is 18.0. The smallest absolute Gasteiger partial charge is 0.419 e. The van der Waals surface area contributed by atoms with Crippen LogP contribution < -0.4 is 15.0 Å². The maximum atomic E-state index is 12.7. The average Bonchev–Trinajstić information content (AvgIpc) is 2.64. The first kappa shape index (κ1) is 22.0. The van der Waals surface area contributed by atoms with Gasteiger partial charge < -0.3 is 9.47 Å². The highest BCUT2D eigenvalue weighted by atomic mass is 79.9. The molecule has 0 fully saturated rings. The van der Waals surface area contributed by atoms with Gasteiger partial charge in [-0.1, -0.05) is 53.5 Å². The molecule has 0 aliphatic carbocycles. The van der Waals surface area contributed by atoms with Gasteiger partial charge in [-0.3, -0.25) is 10.2 Å². The topological polar surface area (TPSA) is 67.9 Å². The number of nitrogens with zero attached hydrogens (tertiary/aromatic N) is 1. The number of carbonyl (C=O) groups is 2. The lowest BCUT2D eigenvalue weighted by atomic mass is 10.2. The highest BCUT2D eigenvalue weighted by molar-refractivity contribution is 9.09. The molecule has 0 atom stereocenters. The molecule has 28 heavy (non-hydrogen) atoms. The molecule has 0 radical (unpaired) electrons. The number of carbonyl (C=O) groups excluding carboxylic acids is 2. The van der Waals surface area contributed by atoms with Crippen LogP contribution in [-0.4, -0.2) is 30.7 Å². The van der Waals surface area contributed by atoms with E-state index in [9.17, 15) is 9.59 Å². The van der Waals surface area contributed by atoms with Crippen molar-refractivity contribution in [2.75, 3.05) is 28.7 Å². The first-order valence-electron chi connectivity index (χ1n) is 8.73. The lowest BCUT2D eigenvalue weighted by molar-refractivity contribution is 0.147. The first-order chi connectivity index (χ1) is 13.4. The quantitative estimate of drug-likeness (QED) is 0.509. The second-order valence-electron chi connectivity index (χ2n) is 6.33. The average molecular weight is 470 g/mol. The third-order valence-electron chi connectivity index (χ3n) is 3.48. The Morgan fingerprint density at radius 1 is 1.18 bits per heavy atom. The van der Waals surface area contributed by atoms with Crippen LogP contribution in [0.1, 0.15) is 13.8 Å². The predicted octanol–water partition coefficient (Wildman–Crippen LogP) is 5.94. The predicted molar refractivity (Wildman–Crippen MR) is 115 cm³/mol. The van der Waals surface area contributed by atoms with Crippen molar-refractivity contribution in [2.24, 2.45) is 5.92 Å². The molecule has 0 unspecified atom stereocenters. The minimum absolute atomic E-state index is 0.241. The molecule has 0 aliphatic rings. The Labute approximate surface area is 177 Å². The third kappa shape index (κ3) is 7.05. The molecule has 6 nitrogen and oxygen atoms in total. The van der Waals surface area contributed by atoms with Gasteiger partial charge in [-0.15, -0.1) is 0 Å². The van der Waals surface area contributed by atoms with Crippen molar-refractivity contribution in [1.82, 2.24) is 0 Å². The number of anilines is 2. The van der Waals surface area contributed by atoms with Crippen LogP contribution >= 0.6 is 27.5 Å². The molecule has 0 aromatic heterocycles. The first-order valence-corrected chi connectivity index (χ1v) is 10.2. The summed E-state index contributed by atoms with van der Waals surface area (Å²) in [5, 5.41) is 3.70. The van der Waals surface area contributed by atoms with Crippen LogP contribution in [0.15, 0.2) is 48.5 Å². The van der Waals surface area contributed by atoms with Crippen LogP contribution in [0.5, 0.6) is 5.75 Å². The second-order valence-corrected chi connectivity index (χ2v) is 7.56. The molecular formula is C20H22BrClN2O4. The summed E-state index contributed by atoms with van der Waals surface area (Å²) < 4.78 is 10.6. The normalized spacial score (nSPS) is 10.5. The fraction of sp³-hybridized carbons (Fsp3) is 0.300. The number of benzene rings is 2. The Morgan fingerprint density at radius 3 is 2.61 bits per heavy atom. The highest BCUT2D eigenvalue weighted by Crippen LogP contribution is 2.23. The van der Waals surface area contributed by atoms with Crippen molar-refractivity contribution in [2.45, 2.75) is 13.8 Å². The molecule has 2 aromatic rings. The molecule has 2 amide bonds. The number of rotatable bonds is 7. The fourth-order valence-electron chi connectivity index (χ4n) is 2.24. The van der Waals surface area contributed by atoms with Crippen LogP contribution in [0, 0.1) is 5.92 Å². The van der Waals surface area contributed by atoms with Gasteiger partial charge in [0.2, 0.25) is 0 Å². The van der Waals surface area contributed by atoms with E-state index in [2.05, 4.69) is 21.2 Å². The van der Waals surface area contributed by atoms with Gasteiger partial charge in [0, 0.05) is 34.3 Å². The summed E-state index contributed by atoms with van der Waals surface area (Å²) in [6.45, 7) is 4.62. The SMILES string of the molecule is CC(C)COC(=O)Nc1cccc(OC(=O)N(CCBr)c2cccc(Cl)c2)c1. The molecule has 0 aliphatic heterocycles. The number of ether oxygens (including phenoxy) is 2. The number of amides is 2. The van der Waals surface area contributed by atoms with Gasteiger partial charge in [0.25, 0.3) is 0 Å². The number of hydrogen-bond donors (Lipinski definition) is 1. The summed E-state index contributed by atoms with van der Waals surface area (Å²) in [5.41, 5.74) is 1.09. The molecule has 0 spiro atoms. The Bertz CT molecular complexity index is 816. The van der Waals surface area contributed by atoms with Gasteiger partial charge >= 0.3 is 12.2 Å². The fourth-order valence-corrected chi connectivity index (χ4v) is 2.78. The van der Waals surface area contributed by atoms with Crippen LogP contribution in [0.4, 0.5) is 21.0 Å². The lowest BCUT2D eigenvalue weighted by Gasteiger charge is -2.21. The molecule has 0 bridgehead atoms. The summed E-state index contributed by atoms with van der Waals surface area (Å²) in [7, 11) is 0. The standard InChI is InChI=1S/C20H22BrClN2O4/c1-14(2)13-27-19(25)23-16-6-4-8-18(12-16)28-20(26)24(10-9-21)17-7-3-5-15(22)11-17/h3-8,11-12,14H,9-10,13H2,1-2H3,(H,23,25). The Kier molecular flexibility index (Phi) is 8.60. The Morgan fingerprint density at radius 2 is 1.93 bits per heavy atom. The number of alkyl halides is 1. The van der Waals surface area contributed by atoms with Gasteiger partial charge in [0.1, 0.15) is 5.75 Å². The van der Waals surface area contributed by atoms with E-state index in [0.29, 0.717) is 40.6 Å². The lowest BCUT2D eigenvalue weighted by Crippen LogP contribution is -2.35. The van der Waals surface area contributed by atoms with E-state index in [1.54, 1.807) is 48.5 Å². The van der Waals surface area contributed by atoms with Crippen molar-refractivity contribution in [3.8, 4) is 5.75 Å². The van der Waals surface area contributed by atoms with Gasteiger partial charge in [0.05, 0.1) is 6.61 Å². The van der Waals surface area contributed by atoms with E-state index in [1.807, 2.05) is 13.8 Å². The number of halogens is 2. The van der Waals surface area contributed by atoms with Gasteiger partial charge in [-0.2, -0.15) is 0 Å². The van der Waals surface area contributed by atoms with Crippen LogP contribution in [0.2, 0.25) is 5.02 Å². The van der Waals surface area contributed by atoms with E-state index in [-0.39, 0.29) is 5.92 Å². The monoisotopic (exact) mass is 468 g/mol. The molecular weight excluding hydrogens is 448 g/mol. The molecule has 0 heterocycles. The summed E-state index contributed by atoms with van der Waals surface area (Å²) >= 11 is 9.37. The summed E-state index contributed by atoms with van der Waals surface area (Å²) in [4.78, 5) is 25.9. The van der Waals surface area contributed by atoms with Crippen LogP contribution in [0.25, 0.3) is 0 Å². The molecule has 8 heteroatoms. The minimum Gasteiger partial charge on any atom is -0.449 e. The molecule has 0 saturated heterocycles. The minimum atomic E-state index is -0.558. The highest BCUT2D eigenvalue weighted by Gasteiger charge is 2.18. The van der Waals surface area contributed by atoms with E-state index in [0.717, 1.165) is 0 Å².